The minimum Gasteiger partial charge on any atom is -0.497 e. The van der Waals surface area contributed by atoms with Crippen LogP contribution < -0.4 is 10.1 Å². The van der Waals surface area contributed by atoms with Crippen molar-refractivity contribution < 1.29 is 19.1 Å². The van der Waals surface area contributed by atoms with Gasteiger partial charge in [-0.2, -0.15) is 0 Å². The maximum atomic E-state index is 13.9. The summed E-state index contributed by atoms with van der Waals surface area (Å²) in [4.78, 5) is 47.3. The van der Waals surface area contributed by atoms with Crippen LogP contribution in [0.15, 0.2) is 48.5 Å². The molecule has 2 aliphatic rings. The molecule has 1 aromatic heterocycles. The molecule has 200 valence electrons. The Morgan fingerprint density at radius 2 is 1.74 bits per heavy atom. The number of rotatable bonds is 5. The summed E-state index contributed by atoms with van der Waals surface area (Å²) in [6.07, 6.45) is 0. The summed E-state index contributed by atoms with van der Waals surface area (Å²) in [5.74, 6) is 0.0876. The lowest BCUT2D eigenvalue weighted by Gasteiger charge is -2.39. The Labute approximate surface area is 227 Å². The number of benzene rings is 2. The highest BCUT2D eigenvalue weighted by Gasteiger charge is 2.54. The van der Waals surface area contributed by atoms with E-state index >= 15 is 0 Å². The van der Waals surface area contributed by atoms with Gasteiger partial charge in [0.2, 0.25) is 5.91 Å². The Bertz CT molecular complexity index is 1380. The number of methoxy groups -OCH3 is 1. The van der Waals surface area contributed by atoms with E-state index in [0.29, 0.717) is 35.1 Å². The summed E-state index contributed by atoms with van der Waals surface area (Å²) in [5.41, 5.74) is 1.18. The fourth-order valence-corrected chi connectivity index (χ4v) is 5.94. The third-order valence-corrected chi connectivity index (χ3v) is 8.21. The highest BCUT2D eigenvalue weighted by atomic mass is 35.5. The molecule has 0 radical (unpaired) electrons. The van der Waals surface area contributed by atoms with E-state index in [4.69, 9.17) is 16.3 Å². The first-order valence-electron chi connectivity index (χ1n) is 12.8. The topological polar surface area (TPSA) is 94.7 Å². The van der Waals surface area contributed by atoms with Gasteiger partial charge in [-0.15, -0.1) is 0 Å². The number of nitrogens with one attached hydrogen (secondary N) is 2. The van der Waals surface area contributed by atoms with Crippen LogP contribution in [-0.2, 0) is 4.79 Å². The normalized spacial score (nSPS) is 21.6. The summed E-state index contributed by atoms with van der Waals surface area (Å²) in [6, 6.07) is 13.5. The Kier molecular flexibility index (Phi) is 6.63. The van der Waals surface area contributed by atoms with Gasteiger partial charge in [0.05, 0.1) is 29.8 Å². The molecule has 0 aliphatic carbocycles. The number of hydrogen-bond donors (Lipinski definition) is 2. The molecule has 2 N–H and O–H groups in total. The van der Waals surface area contributed by atoms with Crippen molar-refractivity contribution >= 4 is 40.2 Å². The highest BCUT2D eigenvalue weighted by Crippen LogP contribution is 2.39. The van der Waals surface area contributed by atoms with Crippen molar-refractivity contribution in [3.8, 4) is 5.75 Å². The van der Waals surface area contributed by atoms with Crippen LogP contribution in [0, 0.1) is 11.3 Å². The lowest BCUT2D eigenvalue weighted by molar-refractivity contribution is -0.138. The van der Waals surface area contributed by atoms with Crippen molar-refractivity contribution in [2.75, 3.05) is 20.2 Å². The van der Waals surface area contributed by atoms with Crippen LogP contribution in [0.2, 0.25) is 5.02 Å². The van der Waals surface area contributed by atoms with Gasteiger partial charge in [-0.1, -0.05) is 57.5 Å². The van der Waals surface area contributed by atoms with Gasteiger partial charge >= 0.3 is 0 Å². The molecule has 2 aliphatic heterocycles. The monoisotopic (exact) mass is 536 g/mol. The Hall–Kier alpha value is -3.52. The first kappa shape index (κ1) is 26.1. The van der Waals surface area contributed by atoms with Crippen LogP contribution in [0.4, 0.5) is 0 Å². The number of amides is 3. The Balaban J connectivity index is 1.32. The molecule has 0 spiro atoms. The molecular formula is C29H33ClN4O4. The Morgan fingerprint density at radius 3 is 2.34 bits per heavy atom. The van der Waals surface area contributed by atoms with Crippen LogP contribution in [0.1, 0.15) is 48.5 Å². The number of aromatic amines is 1. The van der Waals surface area contributed by atoms with Gasteiger partial charge in [-0.05, 0) is 35.7 Å². The van der Waals surface area contributed by atoms with Crippen LogP contribution in [0.5, 0.6) is 5.75 Å². The van der Waals surface area contributed by atoms with Gasteiger partial charge in [-0.25, -0.2) is 0 Å². The van der Waals surface area contributed by atoms with Crippen molar-refractivity contribution in [3.63, 3.8) is 0 Å². The van der Waals surface area contributed by atoms with E-state index in [2.05, 4.69) is 17.2 Å². The molecule has 4 unspecified atom stereocenters. The van der Waals surface area contributed by atoms with E-state index in [1.54, 1.807) is 31.4 Å². The number of carbonyl (C=O) groups excluding carboxylic acids is 3. The number of carbonyl (C=O) groups is 3. The molecule has 4 atom stereocenters. The number of aromatic nitrogens is 1. The molecule has 2 saturated heterocycles. The van der Waals surface area contributed by atoms with Gasteiger partial charge in [-0.3, -0.25) is 14.4 Å². The molecule has 0 saturated carbocycles. The predicted octanol–water partition coefficient (Wildman–Crippen LogP) is 4.35. The third kappa shape index (κ3) is 4.51. The molecule has 8 nitrogen and oxygen atoms in total. The molecule has 38 heavy (non-hydrogen) atoms. The molecule has 3 amide bonds. The van der Waals surface area contributed by atoms with Crippen molar-refractivity contribution in [1.29, 1.82) is 0 Å². The van der Waals surface area contributed by atoms with Crippen molar-refractivity contribution in [1.82, 2.24) is 20.1 Å². The predicted molar refractivity (Wildman–Crippen MR) is 147 cm³/mol. The smallest absolute Gasteiger partial charge is 0.268 e. The molecule has 3 aromatic rings. The lowest BCUT2D eigenvalue weighted by Crippen LogP contribution is -2.59. The number of H-pyrrole nitrogens is 1. The van der Waals surface area contributed by atoms with E-state index in [-0.39, 0.29) is 35.7 Å². The third-order valence-electron chi connectivity index (χ3n) is 7.90. The second-order valence-corrected chi connectivity index (χ2v) is 11.7. The largest absolute Gasteiger partial charge is 0.497 e. The minimum absolute atomic E-state index is 0.102. The zero-order valence-electron chi connectivity index (χ0n) is 22.2. The van der Waals surface area contributed by atoms with Crippen LogP contribution >= 0.6 is 11.6 Å². The fraction of sp³-hybridized carbons (Fsp3) is 0.414. The van der Waals surface area contributed by atoms with Crippen LogP contribution in [-0.4, -0.2) is 70.8 Å². The Morgan fingerprint density at radius 1 is 1.05 bits per heavy atom. The summed E-state index contributed by atoms with van der Waals surface area (Å²) in [5, 5.41) is 4.26. The lowest BCUT2D eigenvalue weighted by atomic mass is 9.85. The quantitative estimate of drug-likeness (QED) is 0.507. The van der Waals surface area contributed by atoms with Crippen LogP contribution in [0.3, 0.4) is 0 Å². The van der Waals surface area contributed by atoms with Gasteiger partial charge in [0, 0.05) is 29.9 Å². The van der Waals surface area contributed by atoms with Gasteiger partial charge in [0.25, 0.3) is 11.8 Å². The number of para-hydroxylation sites is 1. The maximum absolute atomic E-state index is 13.9. The standard InChI is InChI=1S/C29H33ClN4O4/c1-16-23-15-34(24(16)14-33(23)27(36)19-11-10-18(38-5)13-20(19)30)28(37)25(29(2,3)4)32-26(35)22-12-17-8-6-7-9-21(17)31-22/h6-13,16,23-25,31H,14-15H2,1-5H3,(H,32,35). The SMILES string of the molecule is COc1ccc(C(=O)N2CC3C(C)C2CN3C(=O)C(NC(=O)c2cc3ccccc3[nH]2)C(C)(C)C)c(Cl)c1. The van der Waals surface area contributed by atoms with E-state index in [1.165, 1.54) is 0 Å². The average Bonchev–Trinajstić information content (AvgIpc) is 3.56. The molecule has 9 heteroatoms. The van der Waals surface area contributed by atoms with E-state index < -0.39 is 11.5 Å². The maximum Gasteiger partial charge on any atom is 0.268 e. The summed E-state index contributed by atoms with van der Waals surface area (Å²) >= 11 is 6.38. The number of piperazine rings is 1. The molecule has 3 heterocycles. The van der Waals surface area contributed by atoms with E-state index in [9.17, 15) is 14.4 Å². The number of ether oxygens (including phenoxy) is 1. The highest BCUT2D eigenvalue weighted by molar-refractivity contribution is 6.34. The number of nitrogens with zero attached hydrogens (tertiary/aromatic N) is 2. The molecular weight excluding hydrogens is 504 g/mol. The summed E-state index contributed by atoms with van der Waals surface area (Å²) in [6.45, 7) is 8.74. The first-order valence-corrected chi connectivity index (χ1v) is 13.2. The molecule has 2 aromatic carbocycles. The van der Waals surface area contributed by atoms with Crippen molar-refractivity contribution in [2.45, 2.75) is 45.8 Å². The van der Waals surface area contributed by atoms with Gasteiger partial charge in [0.15, 0.2) is 0 Å². The summed E-state index contributed by atoms with van der Waals surface area (Å²) < 4.78 is 5.20. The zero-order chi connectivity index (χ0) is 27.4. The minimum atomic E-state index is -0.729. The number of fused-ring (bicyclic) bond motifs is 3. The zero-order valence-corrected chi connectivity index (χ0v) is 23.0. The van der Waals surface area contributed by atoms with Crippen molar-refractivity contribution in [3.05, 3.63) is 64.8 Å². The molecule has 2 bridgehead atoms. The number of halogens is 1. The van der Waals surface area contributed by atoms with Crippen LogP contribution in [0.25, 0.3) is 10.9 Å². The average molecular weight is 537 g/mol. The molecule has 2 fully saturated rings. The second kappa shape index (κ2) is 9.66. The second-order valence-electron chi connectivity index (χ2n) is 11.3. The number of hydrogen-bond acceptors (Lipinski definition) is 4. The van der Waals surface area contributed by atoms with E-state index in [1.807, 2.05) is 54.8 Å². The van der Waals surface area contributed by atoms with E-state index in [0.717, 1.165) is 10.9 Å². The molecule has 5 rings (SSSR count). The van der Waals surface area contributed by atoms with Crippen molar-refractivity contribution in [2.24, 2.45) is 11.3 Å². The summed E-state index contributed by atoms with van der Waals surface area (Å²) in [7, 11) is 1.55. The first-order chi connectivity index (χ1) is 18.0. The number of likely N-dealkylation sites (tertiary alicyclic amines) is 2. The fourth-order valence-electron chi connectivity index (χ4n) is 5.68. The van der Waals surface area contributed by atoms with Gasteiger partial charge in [0.1, 0.15) is 17.5 Å². The van der Waals surface area contributed by atoms with Gasteiger partial charge < -0.3 is 24.8 Å².